The van der Waals surface area contributed by atoms with E-state index in [4.69, 9.17) is 5.73 Å². The summed E-state index contributed by atoms with van der Waals surface area (Å²) in [4.78, 5) is 16.5. The summed E-state index contributed by atoms with van der Waals surface area (Å²) in [6.45, 7) is 1.62. The molecule has 0 spiro atoms. The average Bonchev–Trinajstić information content (AvgIpc) is 2.46. The summed E-state index contributed by atoms with van der Waals surface area (Å²) >= 11 is 0. The summed E-state index contributed by atoms with van der Waals surface area (Å²) in [5, 5.41) is 0. The first kappa shape index (κ1) is 20.2. The molecule has 2 N–H and O–H groups in total. The number of hydrogen-bond donors (Lipinski definition) is 1. The van der Waals surface area contributed by atoms with E-state index in [1.807, 2.05) is 35.2 Å². The Hall–Kier alpha value is -0.810. The number of likely N-dealkylation sites (tertiary alicyclic amines) is 1. The van der Waals surface area contributed by atoms with Crippen molar-refractivity contribution in [3.05, 3.63) is 35.9 Å². The third-order valence-corrected chi connectivity index (χ3v) is 3.93. The number of halogens is 2. The van der Waals surface area contributed by atoms with Crippen LogP contribution < -0.4 is 5.73 Å². The van der Waals surface area contributed by atoms with Gasteiger partial charge >= 0.3 is 0 Å². The quantitative estimate of drug-likeness (QED) is 0.921. The molecule has 2 rings (SSSR count). The van der Waals surface area contributed by atoms with Crippen molar-refractivity contribution in [2.75, 3.05) is 27.2 Å². The van der Waals surface area contributed by atoms with Crippen LogP contribution in [-0.2, 0) is 4.79 Å². The van der Waals surface area contributed by atoms with Gasteiger partial charge in [-0.3, -0.25) is 4.79 Å². The van der Waals surface area contributed by atoms with Gasteiger partial charge in [0.2, 0.25) is 5.91 Å². The lowest BCUT2D eigenvalue weighted by atomic mass is 10.0. The van der Waals surface area contributed by atoms with Gasteiger partial charge in [-0.25, -0.2) is 0 Å². The monoisotopic (exact) mass is 333 g/mol. The van der Waals surface area contributed by atoms with Gasteiger partial charge < -0.3 is 15.5 Å². The van der Waals surface area contributed by atoms with Crippen molar-refractivity contribution in [2.45, 2.75) is 24.9 Å². The van der Waals surface area contributed by atoms with Crippen LogP contribution in [0.5, 0.6) is 0 Å². The highest BCUT2D eigenvalue weighted by molar-refractivity contribution is 5.85. The lowest BCUT2D eigenvalue weighted by Gasteiger charge is -2.36. The molecule has 0 aromatic heterocycles. The van der Waals surface area contributed by atoms with Gasteiger partial charge in [-0.15, -0.1) is 24.8 Å². The van der Waals surface area contributed by atoms with Gasteiger partial charge in [-0.1, -0.05) is 30.3 Å². The molecule has 1 unspecified atom stereocenters. The number of benzene rings is 1. The molecule has 1 amide bonds. The zero-order valence-electron chi connectivity index (χ0n) is 12.6. The number of carbonyl (C=O) groups is 1. The second-order valence-electron chi connectivity index (χ2n) is 5.41. The number of carbonyl (C=O) groups excluding carboxylic acids is 1. The Bertz CT molecular complexity index is 420. The second kappa shape index (κ2) is 9.26. The second-order valence-corrected chi connectivity index (χ2v) is 5.41. The molecule has 0 radical (unpaired) electrons. The Balaban J connectivity index is 0.00000200. The number of rotatable bonds is 3. The molecule has 1 aromatic rings. The molecule has 6 heteroatoms. The van der Waals surface area contributed by atoms with E-state index in [0.29, 0.717) is 6.04 Å². The molecule has 0 saturated carbocycles. The number of nitrogens with two attached hydrogens (primary N) is 1. The van der Waals surface area contributed by atoms with Crippen molar-refractivity contribution in [1.82, 2.24) is 9.80 Å². The number of amides is 1. The maximum Gasteiger partial charge on any atom is 0.244 e. The van der Waals surface area contributed by atoms with Crippen LogP contribution in [0.2, 0.25) is 0 Å². The molecule has 1 aromatic carbocycles. The summed E-state index contributed by atoms with van der Waals surface area (Å²) in [5.41, 5.74) is 6.95. The third-order valence-electron chi connectivity index (χ3n) is 3.93. The normalized spacial score (nSPS) is 16.9. The van der Waals surface area contributed by atoms with E-state index in [1.165, 1.54) is 0 Å². The predicted molar refractivity (Wildman–Crippen MR) is 91.2 cm³/mol. The molecule has 0 bridgehead atoms. The Labute approximate surface area is 139 Å². The van der Waals surface area contributed by atoms with Gasteiger partial charge in [-0.2, -0.15) is 0 Å². The van der Waals surface area contributed by atoms with E-state index in [1.54, 1.807) is 0 Å². The van der Waals surface area contributed by atoms with Gasteiger partial charge in [0.05, 0.1) is 0 Å². The van der Waals surface area contributed by atoms with Crippen LogP contribution in [0.3, 0.4) is 0 Å². The maximum atomic E-state index is 12.4. The van der Waals surface area contributed by atoms with Gasteiger partial charge in [0, 0.05) is 19.1 Å². The Kier molecular flexibility index (Phi) is 8.90. The van der Waals surface area contributed by atoms with E-state index >= 15 is 0 Å². The fraction of sp³-hybridized carbons (Fsp3) is 0.533. The molecular weight excluding hydrogens is 309 g/mol. The van der Waals surface area contributed by atoms with Gasteiger partial charge in [0.15, 0.2) is 0 Å². The van der Waals surface area contributed by atoms with E-state index in [2.05, 4.69) is 19.0 Å². The highest BCUT2D eigenvalue weighted by Gasteiger charge is 2.27. The summed E-state index contributed by atoms with van der Waals surface area (Å²) < 4.78 is 0. The minimum atomic E-state index is -0.530. The Morgan fingerprint density at radius 1 is 1.19 bits per heavy atom. The maximum absolute atomic E-state index is 12.4. The van der Waals surface area contributed by atoms with Crippen LogP contribution >= 0.6 is 24.8 Å². The Morgan fingerprint density at radius 3 is 2.19 bits per heavy atom. The minimum Gasteiger partial charge on any atom is -0.341 e. The molecule has 1 heterocycles. The van der Waals surface area contributed by atoms with Crippen molar-refractivity contribution < 1.29 is 4.79 Å². The molecule has 1 aliphatic rings. The zero-order valence-corrected chi connectivity index (χ0v) is 14.2. The lowest BCUT2D eigenvalue weighted by molar-refractivity contribution is -0.134. The van der Waals surface area contributed by atoms with Crippen LogP contribution in [0.15, 0.2) is 30.3 Å². The highest BCUT2D eigenvalue weighted by Crippen LogP contribution is 2.18. The molecule has 0 aliphatic carbocycles. The molecule has 120 valence electrons. The highest BCUT2D eigenvalue weighted by atomic mass is 35.5. The zero-order chi connectivity index (χ0) is 13.8. The Morgan fingerprint density at radius 2 is 1.71 bits per heavy atom. The smallest absolute Gasteiger partial charge is 0.244 e. The van der Waals surface area contributed by atoms with Crippen molar-refractivity contribution in [1.29, 1.82) is 0 Å². The minimum absolute atomic E-state index is 0. The predicted octanol–water partition coefficient (Wildman–Crippen LogP) is 2.08. The summed E-state index contributed by atoms with van der Waals surface area (Å²) in [5.74, 6) is 0.0448. The number of hydrogen-bond acceptors (Lipinski definition) is 3. The first-order valence-electron chi connectivity index (χ1n) is 6.85. The topological polar surface area (TPSA) is 49.6 Å². The van der Waals surface area contributed by atoms with E-state index in [9.17, 15) is 4.79 Å². The third kappa shape index (κ3) is 5.15. The van der Waals surface area contributed by atoms with Crippen molar-refractivity contribution in [3.63, 3.8) is 0 Å². The van der Waals surface area contributed by atoms with Crippen LogP contribution in [-0.4, -0.2) is 48.9 Å². The van der Waals surface area contributed by atoms with Crippen LogP contribution in [0.4, 0.5) is 0 Å². The van der Waals surface area contributed by atoms with Gasteiger partial charge in [-0.05, 0) is 32.5 Å². The fourth-order valence-electron chi connectivity index (χ4n) is 2.60. The molecule has 1 fully saturated rings. The molecule has 1 saturated heterocycles. The fourth-order valence-corrected chi connectivity index (χ4v) is 2.60. The molecule has 1 atom stereocenters. The first-order valence-corrected chi connectivity index (χ1v) is 6.85. The van der Waals surface area contributed by atoms with E-state index < -0.39 is 6.04 Å². The standard InChI is InChI=1S/C15H23N3O.2ClH/c1-17(2)13-8-10-18(11-9-13)15(19)14(16)12-6-4-3-5-7-12;;/h3-7,13-14H,8-11,16H2,1-2H3;2*1H. The molecule has 4 nitrogen and oxygen atoms in total. The van der Waals surface area contributed by atoms with Crippen LogP contribution in [0.25, 0.3) is 0 Å². The molecule has 1 aliphatic heterocycles. The lowest BCUT2D eigenvalue weighted by Crippen LogP contribution is -2.47. The summed E-state index contributed by atoms with van der Waals surface area (Å²) in [6, 6.07) is 9.64. The largest absolute Gasteiger partial charge is 0.341 e. The molecular formula is C15H25Cl2N3O. The summed E-state index contributed by atoms with van der Waals surface area (Å²) in [6.07, 6.45) is 2.06. The van der Waals surface area contributed by atoms with E-state index in [-0.39, 0.29) is 30.7 Å². The van der Waals surface area contributed by atoms with Crippen LogP contribution in [0.1, 0.15) is 24.4 Å². The average molecular weight is 334 g/mol. The SMILES string of the molecule is CN(C)C1CCN(C(=O)C(N)c2ccccc2)CC1.Cl.Cl. The van der Waals surface area contributed by atoms with Gasteiger partial charge in [0.1, 0.15) is 6.04 Å². The number of nitrogens with zero attached hydrogens (tertiary/aromatic N) is 2. The van der Waals surface area contributed by atoms with Crippen molar-refractivity contribution in [2.24, 2.45) is 5.73 Å². The number of piperidine rings is 1. The van der Waals surface area contributed by atoms with Gasteiger partial charge in [0.25, 0.3) is 0 Å². The van der Waals surface area contributed by atoms with Crippen molar-refractivity contribution in [3.8, 4) is 0 Å². The van der Waals surface area contributed by atoms with Crippen molar-refractivity contribution >= 4 is 30.7 Å². The van der Waals surface area contributed by atoms with Crippen LogP contribution in [0, 0.1) is 0 Å². The first-order chi connectivity index (χ1) is 9.09. The summed E-state index contributed by atoms with van der Waals surface area (Å²) in [7, 11) is 4.19. The van der Waals surface area contributed by atoms with E-state index in [0.717, 1.165) is 31.5 Å². The molecule has 21 heavy (non-hydrogen) atoms.